The Bertz CT molecular complexity index is 964. The van der Waals surface area contributed by atoms with Gasteiger partial charge in [-0.3, -0.25) is 4.99 Å². The zero-order valence-electron chi connectivity index (χ0n) is 17.9. The summed E-state index contributed by atoms with van der Waals surface area (Å²) >= 11 is 0. The predicted octanol–water partition coefficient (Wildman–Crippen LogP) is 3.55. The maximum atomic E-state index is 13.4. The first-order valence-corrected chi connectivity index (χ1v) is 11.6. The molecule has 1 aliphatic rings. The van der Waals surface area contributed by atoms with Gasteiger partial charge < -0.3 is 10.2 Å². The molecule has 3 rings (SSSR count). The molecule has 1 fully saturated rings. The van der Waals surface area contributed by atoms with Crippen molar-refractivity contribution in [1.29, 1.82) is 0 Å². The number of nitrogens with zero attached hydrogens (tertiary/aromatic N) is 3. The van der Waals surface area contributed by atoms with Crippen LogP contribution in [0.1, 0.15) is 18.4 Å². The minimum Gasteiger partial charge on any atom is -0.356 e. The van der Waals surface area contributed by atoms with Crippen LogP contribution in [-0.4, -0.2) is 57.3 Å². The molecule has 0 spiro atoms. The molecule has 1 saturated heterocycles. The lowest BCUT2D eigenvalue weighted by Crippen LogP contribution is -2.44. The molecule has 31 heavy (non-hydrogen) atoms. The summed E-state index contributed by atoms with van der Waals surface area (Å²) in [6.07, 6.45) is 1.59. The lowest BCUT2D eigenvalue weighted by molar-refractivity contribution is 0.272. The fourth-order valence-electron chi connectivity index (χ4n) is 3.70. The van der Waals surface area contributed by atoms with Gasteiger partial charge in [0.15, 0.2) is 5.96 Å². The number of nitrogens with one attached hydrogen (secondary N) is 1. The lowest BCUT2D eigenvalue weighted by Gasteiger charge is -2.32. The molecular weight excluding hydrogens is 530 g/mol. The van der Waals surface area contributed by atoms with Crippen molar-refractivity contribution in [3.05, 3.63) is 66.0 Å². The minimum atomic E-state index is -3.42. The van der Waals surface area contributed by atoms with Crippen LogP contribution in [0.15, 0.2) is 64.5 Å². The molecule has 170 valence electrons. The summed E-state index contributed by atoms with van der Waals surface area (Å²) in [5.74, 6) is 0.853. The van der Waals surface area contributed by atoms with Crippen molar-refractivity contribution in [2.24, 2.45) is 10.9 Å². The third-order valence-electron chi connectivity index (χ3n) is 5.39. The number of sulfonamides is 1. The summed E-state index contributed by atoms with van der Waals surface area (Å²) < 4.78 is 40.5. The summed E-state index contributed by atoms with van der Waals surface area (Å²) in [5, 5.41) is 3.37. The monoisotopic (exact) mass is 560 g/mol. The molecule has 0 aliphatic carbocycles. The van der Waals surface area contributed by atoms with Crippen LogP contribution in [0.25, 0.3) is 0 Å². The summed E-state index contributed by atoms with van der Waals surface area (Å²) in [7, 11) is 0.211. The van der Waals surface area contributed by atoms with Crippen molar-refractivity contribution >= 4 is 40.0 Å². The number of hydrogen-bond donors (Lipinski definition) is 1. The summed E-state index contributed by atoms with van der Waals surface area (Å²) in [5.41, 5.74) is 0.875. The molecule has 0 amide bonds. The fourth-order valence-corrected chi connectivity index (χ4v) is 5.19. The molecule has 1 heterocycles. The van der Waals surface area contributed by atoms with Crippen LogP contribution in [0.2, 0.25) is 0 Å². The molecule has 2 aromatic carbocycles. The van der Waals surface area contributed by atoms with Crippen LogP contribution in [-0.2, 0) is 16.6 Å². The van der Waals surface area contributed by atoms with Gasteiger partial charge in [-0.1, -0.05) is 30.3 Å². The van der Waals surface area contributed by atoms with E-state index < -0.39 is 10.0 Å². The van der Waals surface area contributed by atoms with E-state index in [2.05, 4.69) is 10.3 Å². The van der Waals surface area contributed by atoms with E-state index in [1.165, 1.54) is 12.1 Å². The Kier molecular flexibility index (Phi) is 9.70. The molecule has 0 aromatic heterocycles. The Morgan fingerprint density at radius 1 is 1.16 bits per heavy atom. The zero-order chi connectivity index (χ0) is 21.6. The van der Waals surface area contributed by atoms with Gasteiger partial charge in [0, 0.05) is 40.3 Å². The highest BCUT2D eigenvalue weighted by Gasteiger charge is 2.29. The van der Waals surface area contributed by atoms with Gasteiger partial charge in [-0.25, -0.2) is 12.8 Å². The number of hydrogen-bond acceptors (Lipinski definition) is 3. The van der Waals surface area contributed by atoms with Crippen molar-refractivity contribution in [3.8, 4) is 0 Å². The molecule has 9 heteroatoms. The maximum absolute atomic E-state index is 13.4. The summed E-state index contributed by atoms with van der Waals surface area (Å²) in [4.78, 5) is 6.61. The minimum absolute atomic E-state index is 0. The maximum Gasteiger partial charge on any atom is 0.243 e. The topological polar surface area (TPSA) is 65.0 Å². The van der Waals surface area contributed by atoms with Gasteiger partial charge >= 0.3 is 0 Å². The Labute approximate surface area is 201 Å². The number of piperidine rings is 1. The molecule has 2 aromatic rings. The molecular formula is C22H30FIN4O2S. The molecule has 1 N–H and O–H groups in total. The standard InChI is InChI=1S/C22H29FN4O2S.HI/c1-24-22(26(2)17-19-7-6-8-20(23)15-19)25-16-18-11-13-27(14-12-18)30(28,29)21-9-4-3-5-10-21;/h3-10,15,18H,11-14,16-17H2,1-2H3,(H,24,25);1H. The van der Waals surface area contributed by atoms with Crippen LogP contribution in [0.3, 0.4) is 0 Å². The van der Waals surface area contributed by atoms with E-state index in [0.717, 1.165) is 30.9 Å². The van der Waals surface area contributed by atoms with E-state index in [9.17, 15) is 12.8 Å². The van der Waals surface area contributed by atoms with Gasteiger partial charge in [0.05, 0.1) is 4.90 Å². The average molecular weight is 560 g/mol. The normalized spacial score (nSPS) is 15.9. The second kappa shape index (κ2) is 11.8. The van der Waals surface area contributed by atoms with Crippen LogP contribution in [0.5, 0.6) is 0 Å². The number of benzene rings is 2. The summed E-state index contributed by atoms with van der Waals surface area (Å²) in [6.45, 7) is 2.30. The van der Waals surface area contributed by atoms with Crippen molar-refractivity contribution in [2.75, 3.05) is 33.7 Å². The van der Waals surface area contributed by atoms with Gasteiger partial charge in [-0.2, -0.15) is 4.31 Å². The quantitative estimate of drug-likeness (QED) is 0.334. The molecule has 0 radical (unpaired) electrons. The second-order valence-corrected chi connectivity index (χ2v) is 9.51. The van der Waals surface area contributed by atoms with Gasteiger partial charge in [0.1, 0.15) is 5.82 Å². The van der Waals surface area contributed by atoms with Crippen molar-refractivity contribution in [1.82, 2.24) is 14.5 Å². The van der Waals surface area contributed by atoms with E-state index >= 15 is 0 Å². The number of rotatable bonds is 6. The average Bonchev–Trinajstić information content (AvgIpc) is 2.75. The molecule has 0 unspecified atom stereocenters. The zero-order valence-corrected chi connectivity index (χ0v) is 21.0. The fraction of sp³-hybridized carbons (Fsp3) is 0.409. The smallest absolute Gasteiger partial charge is 0.243 e. The van der Waals surface area contributed by atoms with E-state index in [1.54, 1.807) is 41.7 Å². The molecule has 6 nitrogen and oxygen atoms in total. The van der Waals surface area contributed by atoms with Crippen LogP contribution >= 0.6 is 24.0 Å². The van der Waals surface area contributed by atoms with Gasteiger partial charge in [0.25, 0.3) is 0 Å². The number of guanidine groups is 1. The highest BCUT2D eigenvalue weighted by molar-refractivity contribution is 14.0. The van der Waals surface area contributed by atoms with Crippen molar-refractivity contribution in [3.63, 3.8) is 0 Å². The van der Waals surface area contributed by atoms with E-state index in [-0.39, 0.29) is 29.8 Å². The highest BCUT2D eigenvalue weighted by atomic mass is 127. The Morgan fingerprint density at radius 3 is 2.45 bits per heavy atom. The predicted molar refractivity (Wildman–Crippen MR) is 133 cm³/mol. The lowest BCUT2D eigenvalue weighted by atomic mass is 9.98. The number of aliphatic imine (C=N–C) groups is 1. The summed E-state index contributed by atoms with van der Waals surface area (Å²) in [6, 6.07) is 15.1. The highest BCUT2D eigenvalue weighted by Crippen LogP contribution is 2.23. The van der Waals surface area contributed by atoms with Gasteiger partial charge in [-0.15, -0.1) is 24.0 Å². The molecule has 1 aliphatic heterocycles. The molecule has 0 atom stereocenters. The van der Waals surface area contributed by atoms with E-state index in [1.807, 2.05) is 24.1 Å². The third-order valence-corrected chi connectivity index (χ3v) is 7.30. The third kappa shape index (κ3) is 6.88. The second-order valence-electron chi connectivity index (χ2n) is 7.57. The number of halogens is 2. The van der Waals surface area contributed by atoms with E-state index in [0.29, 0.717) is 30.4 Å². The van der Waals surface area contributed by atoms with Crippen LogP contribution in [0.4, 0.5) is 4.39 Å². The first kappa shape index (κ1) is 25.5. The Balaban J connectivity index is 0.00000341. The van der Waals surface area contributed by atoms with Gasteiger partial charge in [-0.05, 0) is 48.6 Å². The van der Waals surface area contributed by atoms with Crippen LogP contribution in [0, 0.1) is 11.7 Å². The van der Waals surface area contributed by atoms with Crippen molar-refractivity contribution < 1.29 is 12.8 Å². The van der Waals surface area contributed by atoms with Gasteiger partial charge in [0.2, 0.25) is 10.0 Å². The first-order chi connectivity index (χ1) is 14.4. The Morgan fingerprint density at radius 2 is 1.84 bits per heavy atom. The first-order valence-electron chi connectivity index (χ1n) is 10.1. The Hall–Kier alpha value is -1.72. The van der Waals surface area contributed by atoms with Crippen LogP contribution < -0.4 is 5.32 Å². The van der Waals surface area contributed by atoms with Crippen molar-refractivity contribution in [2.45, 2.75) is 24.3 Å². The SMILES string of the molecule is CN=C(NCC1CCN(S(=O)(=O)c2ccccc2)CC1)N(C)Cc1cccc(F)c1.I. The largest absolute Gasteiger partial charge is 0.356 e. The molecule has 0 bridgehead atoms. The van der Waals surface area contributed by atoms with E-state index in [4.69, 9.17) is 0 Å². The molecule has 0 saturated carbocycles.